The molecule has 0 atom stereocenters. The first-order chi connectivity index (χ1) is 10.8. The average molecular weight is 316 g/mol. The maximum Gasteiger partial charge on any atom is 0.265 e. The third-order valence-corrected chi connectivity index (χ3v) is 5.01. The first kappa shape index (κ1) is 15.1. The second-order valence-corrected chi connectivity index (χ2v) is 6.51. The molecule has 0 bridgehead atoms. The van der Waals surface area contributed by atoms with Crippen LogP contribution in [-0.4, -0.2) is 51.9 Å². The van der Waals surface area contributed by atoms with Crippen molar-refractivity contribution in [1.29, 1.82) is 0 Å². The van der Waals surface area contributed by atoms with Crippen molar-refractivity contribution < 1.29 is 4.79 Å². The lowest BCUT2D eigenvalue weighted by Gasteiger charge is -2.34. The number of rotatable bonds is 4. The van der Waals surface area contributed by atoms with E-state index in [1.54, 1.807) is 6.20 Å². The van der Waals surface area contributed by atoms with E-state index < -0.39 is 0 Å². The van der Waals surface area contributed by atoms with E-state index in [0.29, 0.717) is 0 Å². The highest BCUT2D eigenvalue weighted by atomic mass is 32.1. The van der Waals surface area contributed by atoms with Crippen molar-refractivity contribution in [2.75, 3.05) is 26.2 Å². The normalized spacial score (nSPS) is 16.0. The minimum absolute atomic E-state index is 0.126. The number of hydrogen-bond acceptors (Lipinski definition) is 5. The predicted octanol–water partition coefficient (Wildman–Crippen LogP) is 2.06. The standard InChI is InChI=1S/C16H20N4OS/c1-2-15-18-11-14(22-15)16(21)20-9-7-19(8-10-20)12-13-3-5-17-6-4-13/h3-6,11H,2,7-10,12H2,1H3. The zero-order valence-electron chi connectivity index (χ0n) is 12.7. The number of pyridine rings is 1. The Morgan fingerprint density at radius 3 is 2.59 bits per heavy atom. The maximum atomic E-state index is 12.5. The van der Waals surface area contributed by atoms with Crippen LogP contribution in [0.2, 0.25) is 0 Å². The summed E-state index contributed by atoms with van der Waals surface area (Å²) in [7, 11) is 0. The third-order valence-electron chi connectivity index (χ3n) is 3.88. The number of aromatic nitrogens is 2. The highest BCUT2D eigenvalue weighted by molar-refractivity contribution is 7.13. The maximum absolute atomic E-state index is 12.5. The lowest BCUT2D eigenvalue weighted by molar-refractivity contribution is 0.0633. The van der Waals surface area contributed by atoms with E-state index in [-0.39, 0.29) is 5.91 Å². The molecule has 0 unspecified atom stereocenters. The van der Waals surface area contributed by atoms with E-state index in [4.69, 9.17) is 0 Å². The van der Waals surface area contributed by atoms with E-state index in [9.17, 15) is 4.79 Å². The van der Waals surface area contributed by atoms with E-state index in [0.717, 1.165) is 49.0 Å². The van der Waals surface area contributed by atoms with Crippen LogP contribution in [0.4, 0.5) is 0 Å². The van der Waals surface area contributed by atoms with Gasteiger partial charge in [-0.15, -0.1) is 11.3 Å². The number of amides is 1. The largest absolute Gasteiger partial charge is 0.335 e. The molecule has 2 aromatic heterocycles. The molecule has 0 spiro atoms. The van der Waals surface area contributed by atoms with Crippen LogP contribution in [0.15, 0.2) is 30.7 Å². The van der Waals surface area contributed by atoms with Gasteiger partial charge in [-0.2, -0.15) is 0 Å². The fourth-order valence-corrected chi connectivity index (χ4v) is 3.41. The molecule has 6 heteroatoms. The van der Waals surface area contributed by atoms with Crippen LogP contribution >= 0.6 is 11.3 Å². The Morgan fingerprint density at radius 1 is 1.23 bits per heavy atom. The topological polar surface area (TPSA) is 49.3 Å². The molecule has 0 aromatic carbocycles. The molecule has 1 saturated heterocycles. The van der Waals surface area contributed by atoms with Crippen molar-refractivity contribution in [2.24, 2.45) is 0 Å². The zero-order chi connectivity index (χ0) is 15.4. The Hall–Kier alpha value is -1.79. The molecule has 5 nitrogen and oxygen atoms in total. The molecule has 0 saturated carbocycles. The fraction of sp³-hybridized carbons (Fsp3) is 0.438. The minimum atomic E-state index is 0.126. The first-order valence-electron chi connectivity index (χ1n) is 7.61. The SMILES string of the molecule is CCc1ncc(C(=O)N2CCN(Cc3ccncc3)CC2)s1. The number of hydrogen-bond donors (Lipinski definition) is 0. The van der Waals surface area contributed by atoms with Crippen molar-refractivity contribution in [1.82, 2.24) is 19.8 Å². The van der Waals surface area contributed by atoms with Crippen LogP contribution in [0.3, 0.4) is 0 Å². The quantitative estimate of drug-likeness (QED) is 0.866. The Morgan fingerprint density at radius 2 is 1.95 bits per heavy atom. The monoisotopic (exact) mass is 316 g/mol. The number of piperazine rings is 1. The van der Waals surface area contributed by atoms with Gasteiger partial charge in [-0.3, -0.25) is 14.7 Å². The second kappa shape index (κ2) is 6.98. The Bertz CT molecular complexity index is 620. The van der Waals surface area contributed by atoms with Gasteiger partial charge in [0.25, 0.3) is 5.91 Å². The number of carbonyl (C=O) groups excluding carboxylic acids is 1. The molecule has 116 valence electrons. The summed E-state index contributed by atoms with van der Waals surface area (Å²) in [5, 5.41) is 1.03. The van der Waals surface area contributed by atoms with E-state index >= 15 is 0 Å². The molecule has 1 aliphatic rings. The summed E-state index contributed by atoms with van der Waals surface area (Å²) in [6, 6.07) is 4.09. The third kappa shape index (κ3) is 3.51. The Labute approximate surface area is 134 Å². The van der Waals surface area contributed by atoms with Crippen LogP contribution in [0, 0.1) is 0 Å². The Balaban J connectivity index is 1.54. The van der Waals surface area contributed by atoms with E-state index in [1.807, 2.05) is 29.4 Å². The lowest BCUT2D eigenvalue weighted by Crippen LogP contribution is -2.48. The molecule has 2 aromatic rings. The van der Waals surface area contributed by atoms with Gasteiger partial charge in [-0.05, 0) is 24.1 Å². The van der Waals surface area contributed by atoms with Crippen molar-refractivity contribution in [3.8, 4) is 0 Å². The molecule has 0 N–H and O–H groups in total. The van der Waals surface area contributed by atoms with Crippen LogP contribution in [-0.2, 0) is 13.0 Å². The predicted molar refractivity (Wildman–Crippen MR) is 86.9 cm³/mol. The number of thiazole rings is 1. The van der Waals surface area contributed by atoms with E-state index in [2.05, 4.69) is 21.8 Å². The molecule has 0 aliphatic carbocycles. The summed E-state index contributed by atoms with van der Waals surface area (Å²) in [6.07, 6.45) is 6.25. The van der Waals surface area contributed by atoms with Crippen LogP contribution in [0.25, 0.3) is 0 Å². The molecule has 1 amide bonds. The van der Waals surface area contributed by atoms with Crippen molar-refractivity contribution in [3.63, 3.8) is 0 Å². The van der Waals surface area contributed by atoms with Gasteiger partial charge in [0, 0.05) is 45.1 Å². The summed E-state index contributed by atoms with van der Waals surface area (Å²) in [6.45, 7) is 6.36. The first-order valence-corrected chi connectivity index (χ1v) is 8.43. The van der Waals surface area contributed by atoms with Crippen molar-refractivity contribution >= 4 is 17.2 Å². The number of carbonyl (C=O) groups is 1. The molecule has 3 rings (SSSR count). The van der Waals surface area contributed by atoms with Crippen molar-refractivity contribution in [3.05, 3.63) is 46.2 Å². The average Bonchev–Trinajstić information content (AvgIpc) is 3.05. The fourth-order valence-electron chi connectivity index (χ4n) is 2.58. The summed E-state index contributed by atoms with van der Waals surface area (Å²) >= 11 is 1.52. The lowest BCUT2D eigenvalue weighted by atomic mass is 10.2. The van der Waals surface area contributed by atoms with Gasteiger partial charge >= 0.3 is 0 Å². The molecule has 22 heavy (non-hydrogen) atoms. The molecular formula is C16H20N4OS. The highest BCUT2D eigenvalue weighted by Crippen LogP contribution is 2.17. The minimum Gasteiger partial charge on any atom is -0.335 e. The van der Waals surface area contributed by atoms with Crippen LogP contribution in [0.5, 0.6) is 0 Å². The second-order valence-electron chi connectivity index (χ2n) is 5.40. The summed E-state index contributed by atoms with van der Waals surface area (Å²) in [5.74, 6) is 0.126. The van der Waals surface area contributed by atoms with Gasteiger partial charge in [-0.1, -0.05) is 6.92 Å². The summed E-state index contributed by atoms with van der Waals surface area (Å²) < 4.78 is 0. The van der Waals surface area contributed by atoms with Gasteiger partial charge < -0.3 is 4.90 Å². The zero-order valence-corrected chi connectivity index (χ0v) is 13.6. The summed E-state index contributed by atoms with van der Waals surface area (Å²) in [4.78, 5) is 25.9. The molecule has 1 aliphatic heterocycles. The molecule has 0 radical (unpaired) electrons. The summed E-state index contributed by atoms with van der Waals surface area (Å²) in [5.41, 5.74) is 1.27. The van der Waals surface area contributed by atoms with Crippen LogP contribution in [0.1, 0.15) is 27.2 Å². The highest BCUT2D eigenvalue weighted by Gasteiger charge is 2.23. The molecular weight excluding hydrogens is 296 g/mol. The molecule has 3 heterocycles. The van der Waals surface area contributed by atoms with Gasteiger partial charge in [-0.25, -0.2) is 4.98 Å². The van der Waals surface area contributed by atoms with Gasteiger partial charge in [0.1, 0.15) is 4.88 Å². The molecule has 1 fully saturated rings. The van der Waals surface area contributed by atoms with Crippen LogP contribution < -0.4 is 0 Å². The van der Waals surface area contributed by atoms with Crippen molar-refractivity contribution in [2.45, 2.75) is 19.9 Å². The Kier molecular flexibility index (Phi) is 4.80. The van der Waals surface area contributed by atoms with Gasteiger partial charge in [0.2, 0.25) is 0 Å². The number of nitrogens with zero attached hydrogens (tertiary/aromatic N) is 4. The smallest absolute Gasteiger partial charge is 0.265 e. The van der Waals surface area contributed by atoms with Gasteiger partial charge in [0.15, 0.2) is 0 Å². The van der Waals surface area contributed by atoms with Gasteiger partial charge in [0.05, 0.1) is 11.2 Å². The number of aryl methyl sites for hydroxylation is 1. The van der Waals surface area contributed by atoms with E-state index in [1.165, 1.54) is 16.9 Å².